The van der Waals surface area contributed by atoms with Crippen LogP contribution < -0.4 is 5.32 Å². The topological polar surface area (TPSA) is 71.3 Å². The molecule has 0 aromatic carbocycles. The van der Waals surface area contributed by atoms with Gasteiger partial charge in [-0.1, -0.05) is 5.16 Å². The van der Waals surface area contributed by atoms with Crippen molar-refractivity contribution < 1.29 is 9.32 Å². The molecule has 6 nitrogen and oxygen atoms in total. The Kier molecular flexibility index (Phi) is 3.79. The lowest BCUT2D eigenvalue weighted by molar-refractivity contribution is 0.0822. The molecule has 100 valence electrons. The monoisotopic (exact) mass is 260 g/mol. The van der Waals surface area contributed by atoms with Crippen molar-refractivity contribution in [1.29, 1.82) is 0 Å². The van der Waals surface area contributed by atoms with E-state index in [0.29, 0.717) is 12.2 Å². The Morgan fingerprint density at radius 2 is 2.21 bits per heavy atom. The molecule has 0 atom stereocenters. The van der Waals surface area contributed by atoms with Crippen LogP contribution in [0.3, 0.4) is 0 Å². The van der Waals surface area contributed by atoms with Gasteiger partial charge >= 0.3 is 0 Å². The number of carbonyl (C=O) groups excluding carboxylic acids is 1. The maximum Gasteiger partial charge on any atom is 0.272 e. The molecule has 6 heteroatoms. The molecule has 1 amide bonds. The van der Waals surface area contributed by atoms with Crippen molar-refractivity contribution in [3.63, 3.8) is 0 Å². The summed E-state index contributed by atoms with van der Waals surface area (Å²) >= 11 is 0. The molecule has 2 heterocycles. The Labute approximate surface area is 111 Å². The Morgan fingerprint density at radius 3 is 2.84 bits per heavy atom. The summed E-state index contributed by atoms with van der Waals surface area (Å²) in [5.74, 6) is 0.619. The van der Waals surface area contributed by atoms with Gasteiger partial charge in [-0.15, -0.1) is 0 Å². The summed E-state index contributed by atoms with van der Waals surface area (Å²) in [7, 11) is 3.39. The number of rotatable bonds is 4. The molecule has 2 rings (SSSR count). The first kappa shape index (κ1) is 13.1. The van der Waals surface area contributed by atoms with Crippen LogP contribution in [0, 0.1) is 6.92 Å². The van der Waals surface area contributed by atoms with Crippen molar-refractivity contribution >= 4 is 11.6 Å². The fourth-order valence-electron chi connectivity index (χ4n) is 1.58. The molecule has 2 aromatic heterocycles. The minimum atomic E-state index is -0.126. The summed E-state index contributed by atoms with van der Waals surface area (Å²) in [5, 5.41) is 6.97. The first-order valence-corrected chi connectivity index (χ1v) is 5.90. The number of pyridine rings is 1. The van der Waals surface area contributed by atoms with Gasteiger partial charge in [0.2, 0.25) is 0 Å². The molecule has 0 spiro atoms. The minimum Gasteiger partial charge on any atom is -0.378 e. The van der Waals surface area contributed by atoms with E-state index >= 15 is 0 Å². The smallest absolute Gasteiger partial charge is 0.272 e. The molecule has 0 unspecified atom stereocenters. The lowest BCUT2D eigenvalue weighted by Gasteiger charge is -2.10. The maximum absolute atomic E-state index is 11.8. The molecule has 1 N–H and O–H groups in total. The standard InChI is InChI=1S/C13H16N4O2/c1-9-6-11(19-16-9)8-15-10-4-5-14-12(7-10)13(18)17(2)3/h4-7H,8H2,1-3H3,(H,14,15). The molecule has 2 aromatic rings. The molecule has 0 saturated heterocycles. The van der Waals surface area contributed by atoms with E-state index in [0.717, 1.165) is 17.1 Å². The number of amides is 1. The van der Waals surface area contributed by atoms with Gasteiger partial charge < -0.3 is 14.7 Å². The number of hydrogen-bond donors (Lipinski definition) is 1. The summed E-state index contributed by atoms with van der Waals surface area (Å²) in [5.41, 5.74) is 2.06. The summed E-state index contributed by atoms with van der Waals surface area (Å²) in [6.07, 6.45) is 1.60. The fraction of sp³-hybridized carbons (Fsp3) is 0.308. The number of hydrogen-bond acceptors (Lipinski definition) is 5. The average Bonchev–Trinajstić information content (AvgIpc) is 2.81. The second-order valence-electron chi connectivity index (χ2n) is 4.42. The van der Waals surface area contributed by atoms with Gasteiger partial charge in [-0.05, 0) is 19.1 Å². The van der Waals surface area contributed by atoms with Crippen LogP contribution in [0.5, 0.6) is 0 Å². The van der Waals surface area contributed by atoms with E-state index in [1.165, 1.54) is 4.90 Å². The first-order valence-electron chi connectivity index (χ1n) is 5.90. The molecule has 0 radical (unpaired) electrons. The van der Waals surface area contributed by atoms with E-state index in [9.17, 15) is 4.79 Å². The zero-order chi connectivity index (χ0) is 13.8. The zero-order valence-electron chi connectivity index (χ0n) is 11.2. The first-order chi connectivity index (χ1) is 9.06. The second-order valence-corrected chi connectivity index (χ2v) is 4.42. The van der Waals surface area contributed by atoms with E-state index in [2.05, 4.69) is 15.5 Å². The lowest BCUT2D eigenvalue weighted by Crippen LogP contribution is -2.22. The Morgan fingerprint density at radius 1 is 1.42 bits per heavy atom. The predicted octanol–water partition coefficient (Wildman–Crippen LogP) is 1.69. The number of nitrogens with one attached hydrogen (secondary N) is 1. The maximum atomic E-state index is 11.8. The van der Waals surface area contributed by atoms with Crippen LogP contribution >= 0.6 is 0 Å². The summed E-state index contributed by atoms with van der Waals surface area (Å²) < 4.78 is 5.10. The molecular formula is C13H16N4O2. The van der Waals surface area contributed by atoms with Crippen LogP contribution in [0.2, 0.25) is 0 Å². The van der Waals surface area contributed by atoms with Gasteiger partial charge in [0, 0.05) is 32.0 Å². The van der Waals surface area contributed by atoms with Gasteiger partial charge in [0.15, 0.2) is 5.76 Å². The van der Waals surface area contributed by atoms with Gasteiger partial charge in [0.25, 0.3) is 5.91 Å². The molecule has 0 aliphatic rings. The van der Waals surface area contributed by atoms with Crippen LogP contribution in [0.1, 0.15) is 21.9 Å². The number of aromatic nitrogens is 2. The number of aryl methyl sites for hydroxylation is 1. The fourth-order valence-corrected chi connectivity index (χ4v) is 1.58. The highest BCUT2D eigenvalue weighted by Crippen LogP contribution is 2.11. The predicted molar refractivity (Wildman–Crippen MR) is 70.8 cm³/mol. The van der Waals surface area contributed by atoms with E-state index in [1.807, 2.05) is 13.0 Å². The highest BCUT2D eigenvalue weighted by molar-refractivity contribution is 5.92. The quantitative estimate of drug-likeness (QED) is 0.905. The number of carbonyl (C=O) groups is 1. The van der Waals surface area contributed by atoms with E-state index in [1.54, 1.807) is 32.4 Å². The number of nitrogens with zero attached hydrogens (tertiary/aromatic N) is 3. The molecule has 0 aliphatic carbocycles. The van der Waals surface area contributed by atoms with E-state index in [-0.39, 0.29) is 5.91 Å². The SMILES string of the molecule is Cc1cc(CNc2ccnc(C(=O)N(C)C)c2)on1. The highest BCUT2D eigenvalue weighted by Gasteiger charge is 2.10. The van der Waals surface area contributed by atoms with Crippen molar-refractivity contribution in [3.05, 3.63) is 41.5 Å². The van der Waals surface area contributed by atoms with E-state index < -0.39 is 0 Å². The van der Waals surface area contributed by atoms with Crippen LogP contribution in [-0.4, -0.2) is 35.0 Å². The Hall–Kier alpha value is -2.37. The summed E-state index contributed by atoms with van der Waals surface area (Å²) in [4.78, 5) is 17.3. The molecular weight excluding hydrogens is 244 g/mol. The van der Waals surface area contributed by atoms with Crippen LogP contribution in [0.4, 0.5) is 5.69 Å². The Bertz CT molecular complexity index is 578. The highest BCUT2D eigenvalue weighted by atomic mass is 16.5. The molecule has 0 fully saturated rings. The van der Waals surface area contributed by atoms with Gasteiger partial charge in [0.1, 0.15) is 5.69 Å². The van der Waals surface area contributed by atoms with Crippen LogP contribution in [0.25, 0.3) is 0 Å². The van der Waals surface area contributed by atoms with Gasteiger partial charge in [-0.2, -0.15) is 0 Å². The Balaban J connectivity index is 2.05. The largest absolute Gasteiger partial charge is 0.378 e. The molecule has 0 bridgehead atoms. The minimum absolute atomic E-state index is 0.126. The normalized spacial score (nSPS) is 10.3. The molecule has 0 saturated carbocycles. The van der Waals surface area contributed by atoms with Crippen molar-refractivity contribution in [2.45, 2.75) is 13.5 Å². The molecule has 0 aliphatic heterocycles. The summed E-state index contributed by atoms with van der Waals surface area (Å²) in [6.45, 7) is 2.38. The lowest BCUT2D eigenvalue weighted by atomic mass is 10.3. The van der Waals surface area contributed by atoms with Crippen molar-refractivity contribution in [3.8, 4) is 0 Å². The van der Waals surface area contributed by atoms with Crippen LogP contribution in [0.15, 0.2) is 28.9 Å². The number of anilines is 1. The second kappa shape index (κ2) is 5.51. The third-order valence-electron chi connectivity index (χ3n) is 2.53. The molecule has 19 heavy (non-hydrogen) atoms. The van der Waals surface area contributed by atoms with Crippen molar-refractivity contribution in [2.75, 3.05) is 19.4 Å². The van der Waals surface area contributed by atoms with Gasteiger partial charge in [-0.25, -0.2) is 0 Å². The van der Waals surface area contributed by atoms with Crippen molar-refractivity contribution in [2.24, 2.45) is 0 Å². The van der Waals surface area contributed by atoms with Gasteiger partial charge in [0.05, 0.1) is 12.2 Å². The van der Waals surface area contributed by atoms with Crippen molar-refractivity contribution in [1.82, 2.24) is 15.0 Å². The third kappa shape index (κ3) is 3.31. The van der Waals surface area contributed by atoms with Gasteiger partial charge in [-0.3, -0.25) is 9.78 Å². The summed E-state index contributed by atoms with van der Waals surface area (Å²) in [6, 6.07) is 5.38. The average molecular weight is 260 g/mol. The van der Waals surface area contributed by atoms with Crippen LogP contribution in [-0.2, 0) is 6.54 Å². The zero-order valence-corrected chi connectivity index (χ0v) is 11.2. The third-order valence-corrected chi connectivity index (χ3v) is 2.53. The van der Waals surface area contributed by atoms with E-state index in [4.69, 9.17) is 4.52 Å².